The number of hydrogen-bond donors (Lipinski definition) is 0. The van der Waals surface area contributed by atoms with E-state index in [0.29, 0.717) is 8.55 Å². The zero-order valence-electron chi connectivity index (χ0n) is 8.58. The van der Waals surface area contributed by atoms with Gasteiger partial charge in [-0.25, -0.2) is 0 Å². The van der Waals surface area contributed by atoms with E-state index in [0.717, 1.165) is 0 Å². The fraction of sp³-hybridized carbons (Fsp3) is 1.00. The lowest BCUT2D eigenvalue weighted by molar-refractivity contribution is -0.0773. The molecule has 1 aliphatic heterocycles. The number of hydrogen-bond acceptors (Lipinski definition) is 3. The molecule has 0 unspecified atom stereocenters. The molecule has 0 N–H and O–H groups in total. The molecule has 72 valence electrons. The summed E-state index contributed by atoms with van der Waals surface area (Å²) in [4.78, 5) is 0. The van der Waals surface area contributed by atoms with Gasteiger partial charge in [0.15, 0.2) is 0 Å². The molecule has 0 radical (unpaired) electrons. The van der Waals surface area contributed by atoms with E-state index in [4.69, 9.17) is 0 Å². The van der Waals surface area contributed by atoms with Gasteiger partial charge in [0, 0.05) is 28.2 Å². The van der Waals surface area contributed by atoms with Crippen LogP contribution in [-0.2, 0) is 0 Å². The molecule has 12 heavy (non-hydrogen) atoms. The van der Waals surface area contributed by atoms with Gasteiger partial charge in [-0.3, -0.25) is 9.35 Å². The Bertz CT molecular complexity index is 123. The standard InChI is InChI=1S/C6H21N3Si3/c1-4-7-8(5-2)10-12-11-9(7)6-3/h4-6,10-12H2,1-3H3. The van der Waals surface area contributed by atoms with E-state index in [-0.39, 0.29) is 18.4 Å². The first kappa shape index (κ1) is 10.6. The molecule has 0 amide bonds. The van der Waals surface area contributed by atoms with Crippen molar-refractivity contribution in [3.8, 4) is 0 Å². The maximum atomic E-state index is 2.66. The topological polar surface area (TPSA) is 9.72 Å². The van der Waals surface area contributed by atoms with Crippen LogP contribution in [0.4, 0.5) is 0 Å². The molecule has 0 atom stereocenters. The summed E-state index contributed by atoms with van der Waals surface area (Å²) in [6.45, 7) is 10.6. The second-order valence-corrected chi connectivity index (χ2v) is 17.4. The summed E-state index contributed by atoms with van der Waals surface area (Å²) in [6.07, 6.45) is 0. The van der Waals surface area contributed by atoms with Crippen LogP contribution in [-0.4, -0.2) is 61.1 Å². The van der Waals surface area contributed by atoms with E-state index in [1.165, 1.54) is 19.6 Å². The smallest absolute Gasteiger partial charge is 0.0994 e. The lowest BCUT2D eigenvalue weighted by Crippen LogP contribution is -2.63. The van der Waals surface area contributed by atoms with Crippen molar-refractivity contribution in [3.05, 3.63) is 0 Å². The van der Waals surface area contributed by atoms with Crippen molar-refractivity contribution in [2.75, 3.05) is 19.6 Å². The van der Waals surface area contributed by atoms with Crippen molar-refractivity contribution in [1.29, 1.82) is 0 Å². The zero-order valence-corrected chi connectivity index (χ0v) is 12.8. The van der Waals surface area contributed by atoms with E-state index in [1.54, 1.807) is 0 Å². The molecule has 1 heterocycles. The van der Waals surface area contributed by atoms with E-state index < -0.39 is 0 Å². The first-order valence-electron chi connectivity index (χ1n) is 5.10. The third kappa shape index (κ3) is 2.27. The van der Waals surface area contributed by atoms with Crippen LogP contribution in [0.3, 0.4) is 0 Å². The van der Waals surface area contributed by atoms with Crippen LogP contribution in [0.1, 0.15) is 20.8 Å². The van der Waals surface area contributed by atoms with Crippen molar-refractivity contribution in [3.63, 3.8) is 0 Å². The van der Waals surface area contributed by atoms with Crippen molar-refractivity contribution in [2.45, 2.75) is 20.8 Å². The first-order chi connectivity index (χ1) is 5.83. The summed E-state index contributed by atoms with van der Waals surface area (Å²) in [5, 5.41) is 2.54. The van der Waals surface area contributed by atoms with Crippen molar-refractivity contribution in [1.82, 2.24) is 14.5 Å². The molecule has 0 aromatic heterocycles. The summed E-state index contributed by atoms with van der Waals surface area (Å²) in [7, 11) is 0.921. The lowest BCUT2D eigenvalue weighted by Gasteiger charge is -2.45. The molecular formula is C6H21N3Si3. The van der Waals surface area contributed by atoms with Crippen molar-refractivity contribution >= 4 is 27.0 Å². The average molecular weight is 220 g/mol. The Kier molecular flexibility index (Phi) is 4.69. The third-order valence-corrected chi connectivity index (χ3v) is 16.4. The second-order valence-electron chi connectivity index (χ2n) is 3.13. The lowest BCUT2D eigenvalue weighted by atomic mass is 10.7. The van der Waals surface area contributed by atoms with Crippen LogP contribution in [0.2, 0.25) is 0 Å². The fourth-order valence-electron chi connectivity index (χ4n) is 1.89. The second kappa shape index (κ2) is 5.30. The molecule has 6 heteroatoms. The molecule has 0 spiro atoms. The molecule has 1 aliphatic rings. The van der Waals surface area contributed by atoms with E-state index in [9.17, 15) is 0 Å². The predicted octanol–water partition coefficient (Wildman–Crippen LogP) is -2.04. The normalized spacial score (nSPS) is 29.2. The fourth-order valence-corrected chi connectivity index (χ4v) is 18.5. The molecule has 0 bridgehead atoms. The highest BCUT2D eigenvalue weighted by atomic mass is 29.5. The summed E-state index contributed by atoms with van der Waals surface area (Å²) >= 11 is 0. The quantitative estimate of drug-likeness (QED) is 0.507. The van der Waals surface area contributed by atoms with Gasteiger partial charge in [-0.1, -0.05) is 13.8 Å². The zero-order chi connectivity index (χ0) is 8.97. The largest absolute Gasteiger partial charge is 0.262 e. The van der Waals surface area contributed by atoms with Crippen molar-refractivity contribution in [2.24, 2.45) is 0 Å². The van der Waals surface area contributed by atoms with Crippen LogP contribution in [0, 0.1) is 0 Å². The number of hydrazine groups is 2. The van der Waals surface area contributed by atoms with Gasteiger partial charge in [0.2, 0.25) is 0 Å². The van der Waals surface area contributed by atoms with Crippen LogP contribution < -0.4 is 0 Å². The summed E-state index contributed by atoms with van der Waals surface area (Å²) < 4.78 is 5.32. The Morgan fingerprint density at radius 3 is 1.67 bits per heavy atom. The summed E-state index contributed by atoms with van der Waals surface area (Å²) in [5.41, 5.74) is 0. The number of rotatable bonds is 3. The maximum Gasteiger partial charge on any atom is 0.0994 e. The monoisotopic (exact) mass is 219 g/mol. The molecule has 0 aliphatic carbocycles. The molecule has 1 fully saturated rings. The van der Waals surface area contributed by atoms with E-state index in [1.807, 2.05) is 0 Å². The minimum absolute atomic E-state index is 0.241. The highest BCUT2D eigenvalue weighted by Crippen LogP contribution is 2.04. The van der Waals surface area contributed by atoms with Gasteiger partial charge >= 0.3 is 0 Å². The maximum absolute atomic E-state index is 2.66. The van der Waals surface area contributed by atoms with Gasteiger partial charge in [-0.05, 0) is 6.92 Å². The van der Waals surface area contributed by atoms with Gasteiger partial charge in [0.05, 0.1) is 18.4 Å². The Morgan fingerprint density at radius 1 is 0.833 bits per heavy atom. The minimum Gasteiger partial charge on any atom is -0.262 e. The summed E-state index contributed by atoms with van der Waals surface area (Å²) in [6, 6.07) is 0. The first-order valence-corrected chi connectivity index (χ1v) is 14.4. The Morgan fingerprint density at radius 2 is 1.33 bits per heavy atom. The van der Waals surface area contributed by atoms with Crippen LogP contribution >= 0.6 is 0 Å². The van der Waals surface area contributed by atoms with Crippen LogP contribution in [0.25, 0.3) is 0 Å². The SMILES string of the molecule is CCN1[SiH2][SiH2][SiH2]N(CC)N1CC. The third-order valence-electron chi connectivity index (χ3n) is 2.50. The van der Waals surface area contributed by atoms with Crippen LogP contribution in [0.15, 0.2) is 0 Å². The van der Waals surface area contributed by atoms with Crippen molar-refractivity contribution < 1.29 is 0 Å². The molecule has 3 nitrogen and oxygen atoms in total. The Labute approximate surface area is 82.2 Å². The van der Waals surface area contributed by atoms with E-state index >= 15 is 0 Å². The average Bonchev–Trinajstić information content (AvgIpc) is 2.16. The highest BCUT2D eigenvalue weighted by molar-refractivity contribution is 7.28. The van der Waals surface area contributed by atoms with Gasteiger partial charge in [-0.15, -0.1) is 0 Å². The van der Waals surface area contributed by atoms with Gasteiger partial charge in [-0.2, -0.15) is 5.12 Å². The molecule has 0 saturated carbocycles. The van der Waals surface area contributed by atoms with Gasteiger partial charge in [0.25, 0.3) is 0 Å². The van der Waals surface area contributed by atoms with E-state index in [2.05, 4.69) is 35.2 Å². The van der Waals surface area contributed by atoms with Gasteiger partial charge < -0.3 is 0 Å². The Hall–Kier alpha value is 0.531. The molecule has 1 saturated heterocycles. The summed E-state index contributed by atoms with van der Waals surface area (Å²) in [5.74, 6) is 0. The molecule has 1 rings (SSSR count). The number of nitrogens with zero attached hydrogens (tertiary/aromatic N) is 3. The Balaban J connectivity index is 2.52. The van der Waals surface area contributed by atoms with Gasteiger partial charge in [0.1, 0.15) is 0 Å². The minimum atomic E-state index is 0.241. The molecular weight excluding hydrogens is 198 g/mol. The highest BCUT2D eigenvalue weighted by Gasteiger charge is 2.23. The predicted molar refractivity (Wildman–Crippen MR) is 62.8 cm³/mol. The molecule has 0 aromatic carbocycles. The van der Waals surface area contributed by atoms with Crippen LogP contribution in [0.5, 0.6) is 0 Å². The molecule has 0 aromatic rings.